The van der Waals surface area contributed by atoms with E-state index in [1.165, 1.54) is 5.56 Å². The van der Waals surface area contributed by atoms with Crippen molar-refractivity contribution in [1.29, 1.82) is 0 Å². The van der Waals surface area contributed by atoms with Crippen molar-refractivity contribution < 1.29 is 4.52 Å². The molecule has 1 aromatic carbocycles. The molecule has 76 valence electrons. The molecule has 1 fully saturated rings. The van der Waals surface area contributed by atoms with Gasteiger partial charge in [0.25, 0.3) is 5.95 Å². The lowest BCUT2D eigenvalue weighted by Crippen LogP contribution is -2.08. The second-order valence-corrected chi connectivity index (χ2v) is 3.91. The van der Waals surface area contributed by atoms with Crippen molar-refractivity contribution in [2.24, 2.45) is 0 Å². The lowest BCUT2D eigenvalue weighted by atomic mass is 9.96. The lowest BCUT2D eigenvalue weighted by Gasteiger charge is -2.09. The monoisotopic (exact) mass is 201 g/mol. The van der Waals surface area contributed by atoms with Crippen molar-refractivity contribution in [3.05, 3.63) is 41.8 Å². The van der Waals surface area contributed by atoms with E-state index in [0.29, 0.717) is 5.89 Å². The number of anilines is 1. The SMILES string of the molecule is Nc1noc(C2(c3ccccc3)CC2)n1. The van der Waals surface area contributed by atoms with Gasteiger partial charge >= 0.3 is 0 Å². The van der Waals surface area contributed by atoms with Crippen molar-refractivity contribution >= 4 is 5.95 Å². The second-order valence-electron chi connectivity index (χ2n) is 3.91. The van der Waals surface area contributed by atoms with Crippen LogP contribution in [-0.4, -0.2) is 10.1 Å². The standard InChI is InChI=1S/C11H11N3O/c12-10-13-9(15-14-10)11(6-7-11)8-4-2-1-3-5-8/h1-5H,6-7H2,(H2,12,14). The van der Waals surface area contributed by atoms with Gasteiger partial charge in [-0.3, -0.25) is 0 Å². The first-order valence-corrected chi connectivity index (χ1v) is 4.96. The number of nitrogens with two attached hydrogens (primary N) is 1. The molecule has 2 aromatic rings. The van der Waals surface area contributed by atoms with Gasteiger partial charge < -0.3 is 10.3 Å². The number of hydrogen-bond acceptors (Lipinski definition) is 4. The van der Waals surface area contributed by atoms with Crippen LogP contribution in [0.4, 0.5) is 5.95 Å². The molecule has 1 aromatic heterocycles. The Balaban J connectivity index is 2.05. The molecule has 1 aliphatic rings. The molecular formula is C11H11N3O. The van der Waals surface area contributed by atoms with Gasteiger partial charge in [0.15, 0.2) is 0 Å². The van der Waals surface area contributed by atoms with Crippen LogP contribution in [0.25, 0.3) is 0 Å². The van der Waals surface area contributed by atoms with Gasteiger partial charge in [-0.1, -0.05) is 30.3 Å². The van der Waals surface area contributed by atoms with E-state index in [-0.39, 0.29) is 11.4 Å². The zero-order chi connectivity index (χ0) is 10.3. The first kappa shape index (κ1) is 8.47. The highest BCUT2D eigenvalue weighted by atomic mass is 16.5. The Morgan fingerprint density at radius 3 is 2.47 bits per heavy atom. The van der Waals surface area contributed by atoms with E-state index >= 15 is 0 Å². The quantitative estimate of drug-likeness (QED) is 0.803. The molecule has 4 heteroatoms. The Kier molecular flexibility index (Phi) is 1.59. The van der Waals surface area contributed by atoms with E-state index in [0.717, 1.165) is 12.8 Å². The molecule has 0 saturated heterocycles. The normalized spacial score (nSPS) is 17.6. The topological polar surface area (TPSA) is 64.9 Å². The third kappa shape index (κ3) is 1.21. The van der Waals surface area contributed by atoms with Gasteiger partial charge in [-0.15, -0.1) is 0 Å². The number of rotatable bonds is 2. The van der Waals surface area contributed by atoms with E-state index in [9.17, 15) is 0 Å². The Morgan fingerprint density at radius 2 is 1.93 bits per heavy atom. The highest BCUT2D eigenvalue weighted by Gasteiger charge is 2.50. The minimum Gasteiger partial charge on any atom is -0.365 e. The van der Waals surface area contributed by atoms with Gasteiger partial charge in [0.05, 0.1) is 5.41 Å². The summed E-state index contributed by atoms with van der Waals surface area (Å²) in [6.45, 7) is 0. The molecule has 3 rings (SSSR count). The molecule has 1 aliphatic carbocycles. The molecule has 0 spiro atoms. The summed E-state index contributed by atoms with van der Waals surface area (Å²) in [5, 5.41) is 3.64. The predicted octanol–water partition coefficient (Wildman–Crippen LogP) is 1.73. The summed E-state index contributed by atoms with van der Waals surface area (Å²) in [7, 11) is 0. The molecule has 1 heterocycles. The first-order chi connectivity index (χ1) is 7.31. The van der Waals surface area contributed by atoms with E-state index in [1.54, 1.807) is 0 Å². The summed E-state index contributed by atoms with van der Waals surface area (Å²) in [5.41, 5.74) is 6.63. The molecule has 0 amide bonds. The van der Waals surface area contributed by atoms with Crippen molar-refractivity contribution in [1.82, 2.24) is 10.1 Å². The van der Waals surface area contributed by atoms with Crippen LogP contribution in [0.3, 0.4) is 0 Å². The maximum Gasteiger partial charge on any atom is 0.260 e. The van der Waals surface area contributed by atoms with Crippen molar-refractivity contribution in [2.75, 3.05) is 5.73 Å². The molecule has 15 heavy (non-hydrogen) atoms. The maximum atomic E-state index is 5.47. The number of nitrogens with zero attached hydrogens (tertiary/aromatic N) is 2. The highest BCUT2D eigenvalue weighted by Crippen LogP contribution is 2.52. The van der Waals surface area contributed by atoms with Gasteiger partial charge in [0, 0.05) is 0 Å². The second kappa shape index (κ2) is 2.82. The third-order valence-electron chi connectivity index (χ3n) is 2.93. The molecule has 4 nitrogen and oxygen atoms in total. The molecular weight excluding hydrogens is 190 g/mol. The molecule has 0 aliphatic heterocycles. The van der Waals surface area contributed by atoms with E-state index in [4.69, 9.17) is 10.3 Å². The van der Waals surface area contributed by atoms with Gasteiger partial charge in [-0.2, -0.15) is 4.98 Å². The summed E-state index contributed by atoms with van der Waals surface area (Å²) >= 11 is 0. The smallest absolute Gasteiger partial charge is 0.260 e. The summed E-state index contributed by atoms with van der Waals surface area (Å²) in [5.74, 6) is 0.860. The summed E-state index contributed by atoms with van der Waals surface area (Å²) in [6.07, 6.45) is 2.11. The summed E-state index contributed by atoms with van der Waals surface area (Å²) in [6, 6.07) is 10.2. The van der Waals surface area contributed by atoms with Crippen LogP contribution in [0, 0.1) is 0 Å². The maximum absolute atomic E-state index is 5.47. The third-order valence-corrected chi connectivity index (χ3v) is 2.93. The van der Waals surface area contributed by atoms with Crippen molar-refractivity contribution in [2.45, 2.75) is 18.3 Å². The van der Waals surface area contributed by atoms with Gasteiger partial charge in [-0.05, 0) is 23.6 Å². The molecule has 0 bridgehead atoms. The fraction of sp³-hybridized carbons (Fsp3) is 0.273. The number of nitrogen functional groups attached to an aromatic ring is 1. The van der Waals surface area contributed by atoms with Crippen LogP contribution >= 0.6 is 0 Å². The van der Waals surface area contributed by atoms with E-state index in [1.807, 2.05) is 18.2 Å². The fourth-order valence-electron chi connectivity index (χ4n) is 1.94. The van der Waals surface area contributed by atoms with Crippen molar-refractivity contribution in [3.8, 4) is 0 Å². The minimum atomic E-state index is -0.0636. The average molecular weight is 201 g/mol. The van der Waals surface area contributed by atoms with Gasteiger partial charge in [0.2, 0.25) is 5.89 Å². The predicted molar refractivity (Wildman–Crippen MR) is 55.2 cm³/mol. The average Bonchev–Trinajstić information content (AvgIpc) is 2.98. The van der Waals surface area contributed by atoms with Gasteiger partial charge in [0.1, 0.15) is 0 Å². The largest absolute Gasteiger partial charge is 0.365 e. The number of benzene rings is 1. The van der Waals surface area contributed by atoms with Crippen molar-refractivity contribution in [3.63, 3.8) is 0 Å². The lowest BCUT2D eigenvalue weighted by molar-refractivity contribution is 0.360. The summed E-state index contributed by atoms with van der Waals surface area (Å²) < 4.78 is 5.16. The van der Waals surface area contributed by atoms with Crippen LogP contribution in [0.5, 0.6) is 0 Å². The Labute approximate surface area is 87.1 Å². The van der Waals surface area contributed by atoms with Crippen LogP contribution in [0.15, 0.2) is 34.9 Å². The molecule has 0 radical (unpaired) electrons. The van der Waals surface area contributed by atoms with E-state index < -0.39 is 0 Å². The molecule has 2 N–H and O–H groups in total. The molecule has 0 unspecified atom stereocenters. The van der Waals surface area contributed by atoms with Crippen LogP contribution in [0.2, 0.25) is 0 Å². The first-order valence-electron chi connectivity index (χ1n) is 4.96. The van der Waals surface area contributed by atoms with E-state index in [2.05, 4.69) is 22.3 Å². The van der Waals surface area contributed by atoms with Crippen LogP contribution in [-0.2, 0) is 5.41 Å². The summed E-state index contributed by atoms with van der Waals surface area (Å²) in [4.78, 5) is 4.12. The Bertz CT molecular complexity index is 474. The van der Waals surface area contributed by atoms with Gasteiger partial charge in [-0.25, -0.2) is 0 Å². The zero-order valence-electron chi connectivity index (χ0n) is 8.18. The number of hydrogen-bond donors (Lipinski definition) is 1. The zero-order valence-corrected chi connectivity index (χ0v) is 8.18. The molecule has 1 saturated carbocycles. The Hall–Kier alpha value is -1.84. The molecule has 0 atom stereocenters. The van der Waals surface area contributed by atoms with Crippen LogP contribution < -0.4 is 5.73 Å². The number of aromatic nitrogens is 2. The highest BCUT2D eigenvalue weighted by molar-refractivity contribution is 5.38. The fourth-order valence-corrected chi connectivity index (χ4v) is 1.94. The Morgan fingerprint density at radius 1 is 1.20 bits per heavy atom. The minimum absolute atomic E-state index is 0.0636. The van der Waals surface area contributed by atoms with Crippen LogP contribution in [0.1, 0.15) is 24.3 Å².